The number of nitrogens with one attached hydrogen (secondary N) is 1. The SMILES string of the molecule is N=Nc1c(O)c2ccccc2n1Cc1ccccc1. The van der Waals surface area contributed by atoms with Crippen LogP contribution in [0.5, 0.6) is 5.75 Å². The number of nitrogens with zero attached hydrogens (tertiary/aromatic N) is 2. The molecule has 19 heavy (non-hydrogen) atoms. The second-order valence-corrected chi connectivity index (χ2v) is 4.37. The zero-order valence-electron chi connectivity index (χ0n) is 10.2. The van der Waals surface area contributed by atoms with Crippen molar-refractivity contribution in [3.8, 4) is 5.75 Å². The molecule has 3 aromatic rings. The maximum absolute atomic E-state index is 10.1. The molecule has 0 atom stereocenters. The predicted molar refractivity (Wildman–Crippen MR) is 74.0 cm³/mol. The number of fused-ring (bicyclic) bond motifs is 1. The van der Waals surface area contributed by atoms with Gasteiger partial charge in [0, 0.05) is 11.9 Å². The Kier molecular flexibility index (Phi) is 2.76. The lowest BCUT2D eigenvalue weighted by atomic mass is 10.2. The first-order valence-electron chi connectivity index (χ1n) is 6.03. The van der Waals surface area contributed by atoms with E-state index < -0.39 is 0 Å². The van der Waals surface area contributed by atoms with Gasteiger partial charge in [-0.1, -0.05) is 42.5 Å². The molecule has 2 aromatic carbocycles. The number of aromatic hydroxyl groups is 1. The molecule has 1 heterocycles. The number of aromatic nitrogens is 1. The zero-order chi connectivity index (χ0) is 13.2. The fraction of sp³-hybridized carbons (Fsp3) is 0.0667. The molecular weight excluding hydrogens is 238 g/mol. The normalized spacial score (nSPS) is 10.7. The summed E-state index contributed by atoms with van der Waals surface area (Å²) in [5, 5.41) is 14.3. The van der Waals surface area contributed by atoms with Crippen molar-refractivity contribution < 1.29 is 5.11 Å². The van der Waals surface area contributed by atoms with E-state index in [0.717, 1.165) is 16.5 Å². The fourth-order valence-corrected chi connectivity index (χ4v) is 2.31. The number of rotatable bonds is 3. The summed E-state index contributed by atoms with van der Waals surface area (Å²) in [6.07, 6.45) is 0. The highest BCUT2D eigenvalue weighted by atomic mass is 16.3. The molecule has 0 saturated heterocycles. The third kappa shape index (κ3) is 1.87. The quantitative estimate of drug-likeness (QED) is 0.677. The van der Waals surface area contributed by atoms with Gasteiger partial charge in [0.05, 0.1) is 5.52 Å². The Bertz CT molecular complexity index is 732. The second kappa shape index (κ2) is 4.57. The average Bonchev–Trinajstić information content (AvgIpc) is 2.73. The number of hydrogen-bond acceptors (Lipinski definition) is 3. The van der Waals surface area contributed by atoms with E-state index in [4.69, 9.17) is 5.53 Å². The van der Waals surface area contributed by atoms with Gasteiger partial charge < -0.3 is 9.67 Å². The van der Waals surface area contributed by atoms with Crippen LogP contribution in [0.3, 0.4) is 0 Å². The van der Waals surface area contributed by atoms with E-state index in [0.29, 0.717) is 12.4 Å². The third-order valence-corrected chi connectivity index (χ3v) is 3.21. The molecular formula is C15H13N3O. The molecule has 1 aromatic heterocycles. The summed E-state index contributed by atoms with van der Waals surface area (Å²) in [5.41, 5.74) is 9.26. The molecule has 0 bridgehead atoms. The standard InChI is InChI=1S/C15H13N3O/c16-17-15-14(19)12-8-4-5-9-13(12)18(15)10-11-6-2-1-3-7-11/h1-9,16,19H,10H2. The van der Waals surface area contributed by atoms with Crippen molar-refractivity contribution in [3.05, 3.63) is 60.2 Å². The highest BCUT2D eigenvalue weighted by Gasteiger charge is 2.15. The van der Waals surface area contributed by atoms with Gasteiger partial charge >= 0.3 is 0 Å². The highest BCUT2D eigenvalue weighted by molar-refractivity contribution is 5.92. The molecule has 0 radical (unpaired) electrons. The number of para-hydroxylation sites is 1. The molecule has 4 heteroatoms. The van der Waals surface area contributed by atoms with Gasteiger partial charge in [-0.15, -0.1) is 5.11 Å². The van der Waals surface area contributed by atoms with Crippen molar-refractivity contribution in [2.24, 2.45) is 5.11 Å². The molecule has 4 nitrogen and oxygen atoms in total. The summed E-state index contributed by atoms with van der Waals surface area (Å²) in [5.74, 6) is 0.367. The Morgan fingerprint density at radius 2 is 1.68 bits per heavy atom. The van der Waals surface area contributed by atoms with E-state index in [1.54, 1.807) is 0 Å². The predicted octanol–water partition coefficient (Wildman–Crippen LogP) is 4.06. The van der Waals surface area contributed by atoms with Gasteiger partial charge in [-0.05, 0) is 17.7 Å². The van der Waals surface area contributed by atoms with Crippen molar-refractivity contribution in [3.63, 3.8) is 0 Å². The molecule has 0 aliphatic heterocycles. The largest absolute Gasteiger partial charge is 0.504 e. The van der Waals surface area contributed by atoms with E-state index in [1.165, 1.54) is 0 Å². The number of hydrogen-bond donors (Lipinski definition) is 2. The highest BCUT2D eigenvalue weighted by Crippen LogP contribution is 2.38. The van der Waals surface area contributed by atoms with Gasteiger partial charge in [-0.25, -0.2) is 5.53 Å². The monoisotopic (exact) mass is 251 g/mol. The lowest BCUT2D eigenvalue weighted by molar-refractivity contribution is 0.480. The van der Waals surface area contributed by atoms with Crippen LogP contribution in [0, 0.1) is 5.53 Å². The summed E-state index contributed by atoms with van der Waals surface area (Å²) in [4.78, 5) is 0. The maximum Gasteiger partial charge on any atom is 0.198 e. The van der Waals surface area contributed by atoms with E-state index in [9.17, 15) is 5.11 Å². The lowest BCUT2D eigenvalue weighted by Gasteiger charge is -2.07. The minimum atomic E-state index is 0.0709. The van der Waals surface area contributed by atoms with Gasteiger partial charge in [0.2, 0.25) is 0 Å². The number of benzene rings is 2. The molecule has 0 fully saturated rings. The van der Waals surface area contributed by atoms with Crippen LogP contribution in [0.4, 0.5) is 5.82 Å². The van der Waals surface area contributed by atoms with Gasteiger partial charge in [0.15, 0.2) is 11.6 Å². The summed E-state index contributed by atoms with van der Waals surface area (Å²) in [6.45, 7) is 0.583. The Morgan fingerprint density at radius 1 is 1.00 bits per heavy atom. The van der Waals surface area contributed by atoms with Crippen molar-refractivity contribution in [2.45, 2.75) is 6.54 Å². The van der Waals surface area contributed by atoms with Crippen LogP contribution in [0.2, 0.25) is 0 Å². The van der Waals surface area contributed by atoms with Crippen LogP contribution in [-0.2, 0) is 6.54 Å². The molecule has 94 valence electrons. The minimum absolute atomic E-state index is 0.0709. The fourth-order valence-electron chi connectivity index (χ4n) is 2.31. The first-order valence-corrected chi connectivity index (χ1v) is 6.03. The van der Waals surface area contributed by atoms with E-state index in [1.807, 2.05) is 59.2 Å². The van der Waals surface area contributed by atoms with Crippen LogP contribution < -0.4 is 0 Å². The summed E-state index contributed by atoms with van der Waals surface area (Å²) in [7, 11) is 0. The topological polar surface area (TPSA) is 61.4 Å². The Hall–Kier alpha value is -2.62. The third-order valence-electron chi connectivity index (χ3n) is 3.21. The Balaban J connectivity index is 2.19. The van der Waals surface area contributed by atoms with Crippen molar-refractivity contribution in [2.75, 3.05) is 0 Å². The Morgan fingerprint density at radius 3 is 2.42 bits per heavy atom. The molecule has 0 saturated carbocycles. The molecule has 0 amide bonds. The van der Waals surface area contributed by atoms with Crippen molar-refractivity contribution in [1.29, 1.82) is 5.53 Å². The molecule has 3 rings (SSSR count). The Labute approximate surface area is 110 Å². The molecule has 0 aliphatic rings. The summed E-state index contributed by atoms with van der Waals surface area (Å²) < 4.78 is 1.85. The molecule has 0 spiro atoms. The van der Waals surface area contributed by atoms with Crippen molar-refractivity contribution >= 4 is 16.7 Å². The molecule has 0 aliphatic carbocycles. The lowest BCUT2D eigenvalue weighted by Crippen LogP contribution is -1.98. The van der Waals surface area contributed by atoms with Gasteiger partial charge in [0.25, 0.3) is 0 Å². The van der Waals surface area contributed by atoms with Crippen LogP contribution in [-0.4, -0.2) is 9.67 Å². The minimum Gasteiger partial charge on any atom is -0.504 e. The van der Waals surface area contributed by atoms with Crippen LogP contribution in [0.15, 0.2) is 59.7 Å². The van der Waals surface area contributed by atoms with Crippen LogP contribution >= 0.6 is 0 Å². The smallest absolute Gasteiger partial charge is 0.198 e. The van der Waals surface area contributed by atoms with Gasteiger partial charge in [0.1, 0.15) is 0 Å². The maximum atomic E-state index is 10.1. The summed E-state index contributed by atoms with van der Waals surface area (Å²) >= 11 is 0. The average molecular weight is 251 g/mol. The van der Waals surface area contributed by atoms with Crippen molar-refractivity contribution in [1.82, 2.24) is 4.57 Å². The first-order chi connectivity index (χ1) is 9.31. The molecule has 2 N–H and O–H groups in total. The molecule has 0 unspecified atom stereocenters. The van der Waals surface area contributed by atoms with Gasteiger partial charge in [-0.2, -0.15) is 0 Å². The van der Waals surface area contributed by atoms with Gasteiger partial charge in [-0.3, -0.25) is 0 Å². The van der Waals surface area contributed by atoms with Crippen LogP contribution in [0.1, 0.15) is 5.56 Å². The van der Waals surface area contributed by atoms with Crippen LogP contribution in [0.25, 0.3) is 10.9 Å². The van der Waals surface area contributed by atoms with E-state index >= 15 is 0 Å². The van der Waals surface area contributed by atoms with E-state index in [2.05, 4.69) is 5.11 Å². The second-order valence-electron chi connectivity index (χ2n) is 4.37. The zero-order valence-corrected chi connectivity index (χ0v) is 10.2. The first kappa shape index (κ1) is 11.5. The van der Waals surface area contributed by atoms with E-state index in [-0.39, 0.29) is 5.75 Å². The summed E-state index contributed by atoms with van der Waals surface area (Å²) in [6, 6.07) is 17.5.